The SMILES string of the molecule is CS(=O)(=O)C([N+](=O)[O-])(S(=O)(=O)c1cccc([N+](=O)[O-])c1)S(=O)(=O)c1cccc([N+](=O)[O-])c1. The van der Waals surface area contributed by atoms with Gasteiger partial charge in [0.25, 0.3) is 31.0 Å². The first kappa shape index (κ1) is 24.8. The van der Waals surface area contributed by atoms with Crippen LogP contribution in [-0.2, 0) is 29.5 Å². The molecule has 0 aromatic heterocycles. The van der Waals surface area contributed by atoms with Crippen molar-refractivity contribution >= 4 is 40.9 Å². The number of non-ortho nitro benzene ring substituents is 2. The molecule has 0 saturated heterocycles. The fourth-order valence-electron chi connectivity index (χ4n) is 2.70. The van der Waals surface area contributed by atoms with E-state index in [1.54, 1.807) is 0 Å². The lowest BCUT2D eigenvalue weighted by Gasteiger charge is -2.23. The number of nitro benzene ring substituents is 2. The Morgan fingerprint density at radius 3 is 1.28 bits per heavy atom. The summed E-state index contributed by atoms with van der Waals surface area (Å²) in [6.45, 7) is 0. The number of nitrogens with zero attached hydrogens (tertiary/aromatic N) is 3. The molecule has 0 fully saturated rings. The van der Waals surface area contributed by atoms with Gasteiger partial charge in [-0.05, 0) is 12.1 Å². The van der Waals surface area contributed by atoms with E-state index in [-0.39, 0.29) is 18.4 Å². The summed E-state index contributed by atoms with van der Waals surface area (Å²) in [4.78, 5) is 26.9. The molecule has 2 aromatic rings. The van der Waals surface area contributed by atoms with E-state index in [9.17, 15) is 55.6 Å². The lowest BCUT2D eigenvalue weighted by molar-refractivity contribution is -0.489. The van der Waals surface area contributed by atoms with Crippen LogP contribution in [0.5, 0.6) is 0 Å². The minimum absolute atomic E-state index is 0.0282. The van der Waals surface area contributed by atoms with Crippen molar-refractivity contribution < 1.29 is 40.0 Å². The second-order valence-corrected chi connectivity index (χ2v) is 13.1. The molecular weight excluding hydrogens is 498 g/mol. The van der Waals surface area contributed by atoms with Gasteiger partial charge in [-0.25, -0.2) is 25.3 Å². The molecule has 0 spiro atoms. The molecule has 0 radical (unpaired) electrons. The highest BCUT2D eigenvalue weighted by Gasteiger charge is 2.76. The van der Waals surface area contributed by atoms with Crippen molar-refractivity contribution in [3.8, 4) is 0 Å². The first-order valence-corrected chi connectivity index (χ1v) is 12.7. The van der Waals surface area contributed by atoms with Crippen LogP contribution in [0.25, 0.3) is 0 Å². The number of benzene rings is 2. The summed E-state index contributed by atoms with van der Waals surface area (Å²) >= 11 is 0. The van der Waals surface area contributed by atoms with Gasteiger partial charge in [0.15, 0.2) is 0 Å². The second kappa shape index (κ2) is 7.88. The van der Waals surface area contributed by atoms with Crippen LogP contribution in [0.3, 0.4) is 0 Å². The van der Waals surface area contributed by atoms with Gasteiger partial charge in [-0.1, -0.05) is 12.1 Å². The summed E-state index contributed by atoms with van der Waals surface area (Å²) in [6.07, 6.45) is -0.0282. The zero-order valence-corrected chi connectivity index (χ0v) is 18.0. The third-order valence-corrected chi connectivity index (χ3v) is 13.0. The zero-order chi connectivity index (χ0) is 24.7. The Bertz CT molecular complexity index is 1380. The largest absolute Gasteiger partial charge is 0.520 e. The fraction of sp³-hybridized carbons (Fsp3) is 0.143. The van der Waals surface area contributed by atoms with E-state index in [1.807, 2.05) is 0 Å². The molecule has 15 nitrogen and oxygen atoms in total. The summed E-state index contributed by atoms with van der Waals surface area (Å²) in [5.74, 6) is 0. The molecule has 2 rings (SSSR count). The Morgan fingerprint density at radius 2 is 1.03 bits per heavy atom. The smallest absolute Gasteiger partial charge is 0.261 e. The highest BCUT2D eigenvalue weighted by molar-refractivity contribution is 8.25. The summed E-state index contributed by atoms with van der Waals surface area (Å²) in [5, 5.41) is 33.9. The van der Waals surface area contributed by atoms with Crippen LogP contribution in [0.2, 0.25) is 0 Å². The summed E-state index contributed by atoms with van der Waals surface area (Å²) in [7, 11) is -17.8. The number of hydrogen-bond acceptors (Lipinski definition) is 12. The minimum atomic E-state index is -6.06. The Hall–Kier alpha value is -3.51. The third-order valence-electron chi connectivity index (χ3n) is 4.05. The zero-order valence-electron chi connectivity index (χ0n) is 15.6. The Balaban J connectivity index is 3.08. The Labute approximate surface area is 179 Å². The standard InChI is InChI=1S/C14H11N3O12S3/c1-30(24,25)14(17(22)23,31(26,27)12-6-2-4-10(8-12)15(18)19)32(28,29)13-7-3-5-11(9-13)16(20)21/h2-9H,1H3. The van der Waals surface area contributed by atoms with Crippen LogP contribution in [0.15, 0.2) is 58.3 Å². The topological polar surface area (TPSA) is 232 Å². The average Bonchev–Trinajstić information content (AvgIpc) is 2.66. The van der Waals surface area contributed by atoms with E-state index in [4.69, 9.17) is 0 Å². The molecule has 0 amide bonds. The Kier molecular flexibility index (Phi) is 6.09. The highest BCUT2D eigenvalue weighted by Crippen LogP contribution is 2.41. The van der Waals surface area contributed by atoms with Crippen LogP contribution in [-0.4, -0.2) is 49.8 Å². The monoisotopic (exact) mass is 509 g/mol. The second-order valence-electron chi connectivity index (χ2n) is 6.07. The lowest BCUT2D eigenvalue weighted by atomic mass is 10.3. The van der Waals surface area contributed by atoms with Crippen LogP contribution >= 0.6 is 0 Å². The maximum atomic E-state index is 13.2. The summed E-state index contributed by atoms with van der Waals surface area (Å²) < 4.78 is 73.0. The molecule has 0 bridgehead atoms. The maximum Gasteiger partial charge on any atom is 0.520 e. The lowest BCUT2D eigenvalue weighted by Crippen LogP contribution is -2.58. The molecule has 0 aliphatic rings. The summed E-state index contributed by atoms with van der Waals surface area (Å²) in [6, 6.07) is 4.63. The van der Waals surface area contributed by atoms with Gasteiger partial charge in [0.1, 0.15) is 0 Å². The number of sulfone groups is 3. The highest BCUT2D eigenvalue weighted by atomic mass is 32.3. The van der Waals surface area contributed by atoms with E-state index >= 15 is 0 Å². The van der Waals surface area contributed by atoms with Crippen LogP contribution in [0.4, 0.5) is 11.4 Å². The predicted octanol–water partition coefficient (Wildman–Crippen LogP) is 0.683. The van der Waals surface area contributed by atoms with Gasteiger partial charge < -0.3 is 0 Å². The molecule has 18 heteroatoms. The van der Waals surface area contributed by atoms with Crippen molar-refractivity contribution in [2.45, 2.75) is 13.3 Å². The molecule has 0 saturated carbocycles. The molecule has 0 unspecified atom stereocenters. The molecule has 2 aromatic carbocycles. The maximum absolute atomic E-state index is 13.2. The molecule has 0 aliphatic carbocycles. The van der Waals surface area contributed by atoms with Crippen molar-refractivity contribution in [2.24, 2.45) is 0 Å². The van der Waals surface area contributed by atoms with Crippen molar-refractivity contribution in [3.05, 3.63) is 78.9 Å². The van der Waals surface area contributed by atoms with Gasteiger partial charge in [0.05, 0.1) is 24.6 Å². The molecule has 32 heavy (non-hydrogen) atoms. The Morgan fingerprint density at radius 1 is 0.688 bits per heavy atom. The normalized spacial score (nSPS) is 12.8. The quantitative estimate of drug-likeness (QED) is 0.353. The molecule has 0 atom stereocenters. The van der Waals surface area contributed by atoms with Crippen molar-refractivity contribution in [2.75, 3.05) is 6.26 Å². The van der Waals surface area contributed by atoms with Gasteiger partial charge in [-0.2, -0.15) is 0 Å². The summed E-state index contributed by atoms with van der Waals surface area (Å²) in [5.41, 5.74) is -1.85. The molecular formula is C14H11N3O12S3. The average molecular weight is 509 g/mol. The van der Waals surface area contributed by atoms with Crippen LogP contribution < -0.4 is 0 Å². The van der Waals surface area contributed by atoms with Gasteiger partial charge in [-0.3, -0.25) is 30.3 Å². The van der Waals surface area contributed by atoms with Crippen LogP contribution in [0, 0.1) is 30.3 Å². The van der Waals surface area contributed by atoms with Gasteiger partial charge in [-0.15, -0.1) is 0 Å². The van der Waals surface area contributed by atoms with E-state index in [0.717, 1.165) is 24.3 Å². The van der Waals surface area contributed by atoms with E-state index in [1.165, 1.54) is 0 Å². The van der Waals surface area contributed by atoms with Crippen LogP contribution in [0.1, 0.15) is 0 Å². The molecule has 172 valence electrons. The first-order valence-electron chi connectivity index (χ1n) is 7.84. The first-order chi connectivity index (χ1) is 14.5. The number of hydrogen-bond donors (Lipinski definition) is 0. The van der Waals surface area contributed by atoms with Gasteiger partial charge in [0, 0.05) is 30.5 Å². The van der Waals surface area contributed by atoms with E-state index < -0.39 is 69.0 Å². The number of nitro groups is 3. The van der Waals surface area contributed by atoms with E-state index in [2.05, 4.69) is 0 Å². The van der Waals surface area contributed by atoms with Gasteiger partial charge >= 0.3 is 3.54 Å². The molecule has 0 N–H and O–H groups in total. The van der Waals surface area contributed by atoms with Gasteiger partial charge in [0.2, 0.25) is 9.84 Å². The third kappa shape index (κ3) is 3.56. The minimum Gasteiger partial charge on any atom is -0.261 e. The molecule has 0 heterocycles. The number of rotatable bonds is 8. The van der Waals surface area contributed by atoms with Crippen molar-refractivity contribution in [1.29, 1.82) is 0 Å². The van der Waals surface area contributed by atoms with Crippen molar-refractivity contribution in [3.63, 3.8) is 0 Å². The van der Waals surface area contributed by atoms with E-state index in [0.29, 0.717) is 12.1 Å². The predicted molar refractivity (Wildman–Crippen MR) is 105 cm³/mol. The van der Waals surface area contributed by atoms with Crippen molar-refractivity contribution in [1.82, 2.24) is 0 Å². The fourth-order valence-corrected chi connectivity index (χ4v) is 10.5. The molecule has 0 aliphatic heterocycles.